The molecule has 0 atom stereocenters. The standard InChI is InChI=1S/C7H11ClN2/c1-7(2,3)10-5-6(8)4-9-10/h4-5H,1-3H3. The molecule has 2 nitrogen and oxygen atoms in total. The van der Waals surface area contributed by atoms with Gasteiger partial charge in [-0.05, 0) is 20.8 Å². The van der Waals surface area contributed by atoms with Crippen LogP contribution in [0.25, 0.3) is 0 Å². The molecule has 0 aromatic carbocycles. The zero-order valence-corrected chi connectivity index (χ0v) is 7.18. The Labute approximate surface area is 65.8 Å². The van der Waals surface area contributed by atoms with E-state index in [0.717, 1.165) is 0 Å². The van der Waals surface area contributed by atoms with E-state index >= 15 is 0 Å². The van der Waals surface area contributed by atoms with Gasteiger partial charge in [0.25, 0.3) is 0 Å². The molecule has 3 heteroatoms. The van der Waals surface area contributed by atoms with Crippen LogP contribution in [0.4, 0.5) is 0 Å². The second-order valence-corrected chi connectivity index (χ2v) is 3.71. The highest BCUT2D eigenvalue weighted by Crippen LogP contribution is 2.15. The number of rotatable bonds is 0. The molecule has 1 rings (SSSR count). The molecule has 0 amide bonds. The Morgan fingerprint density at radius 1 is 1.50 bits per heavy atom. The molecule has 1 heterocycles. The van der Waals surface area contributed by atoms with E-state index in [-0.39, 0.29) is 5.54 Å². The minimum atomic E-state index is 0.0349. The molecule has 1 aromatic rings. The summed E-state index contributed by atoms with van der Waals surface area (Å²) < 4.78 is 1.84. The Kier molecular flexibility index (Phi) is 1.73. The molecule has 0 unspecified atom stereocenters. The van der Waals surface area contributed by atoms with Gasteiger partial charge in [0, 0.05) is 6.20 Å². The van der Waals surface area contributed by atoms with Crippen LogP contribution in [-0.2, 0) is 5.54 Å². The van der Waals surface area contributed by atoms with Crippen molar-refractivity contribution in [1.29, 1.82) is 0 Å². The van der Waals surface area contributed by atoms with Crippen LogP contribution in [0.5, 0.6) is 0 Å². The van der Waals surface area contributed by atoms with Gasteiger partial charge < -0.3 is 0 Å². The maximum Gasteiger partial charge on any atom is 0.0785 e. The third kappa shape index (κ3) is 1.51. The van der Waals surface area contributed by atoms with Crippen molar-refractivity contribution in [2.75, 3.05) is 0 Å². The van der Waals surface area contributed by atoms with Gasteiger partial charge in [-0.1, -0.05) is 11.6 Å². The first-order chi connectivity index (χ1) is 4.50. The molecule has 0 aliphatic carbocycles. The maximum atomic E-state index is 5.68. The van der Waals surface area contributed by atoms with Gasteiger partial charge in [0.05, 0.1) is 16.8 Å². The molecule has 1 aromatic heterocycles. The largest absolute Gasteiger partial charge is 0.266 e. The normalized spacial score (nSPS) is 12.0. The number of halogens is 1. The zero-order valence-electron chi connectivity index (χ0n) is 6.43. The summed E-state index contributed by atoms with van der Waals surface area (Å²) in [5.41, 5.74) is 0.0349. The SMILES string of the molecule is CC(C)(C)n1cc(Cl)cn1. The highest BCUT2D eigenvalue weighted by molar-refractivity contribution is 6.30. The van der Waals surface area contributed by atoms with E-state index in [4.69, 9.17) is 11.6 Å². The minimum Gasteiger partial charge on any atom is -0.266 e. The topological polar surface area (TPSA) is 17.8 Å². The third-order valence-electron chi connectivity index (χ3n) is 1.24. The van der Waals surface area contributed by atoms with Crippen LogP contribution in [0.3, 0.4) is 0 Å². The zero-order chi connectivity index (χ0) is 7.78. The summed E-state index contributed by atoms with van der Waals surface area (Å²) in [5, 5.41) is 4.76. The molecule has 0 saturated heterocycles. The quantitative estimate of drug-likeness (QED) is 0.567. The first kappa shape index (κ1) is 7.61. The van der Waals surface area contributed by atoms with Gasteiger partial charge in [0.1, 0.15) is 0 Å². The fraction of sp³-hybridized carbons (Fsp3) is 0.571. The van der Waals surface area contributed by atoms with Crippen LogP contribution >= 0.6 is 11.6 Å². The Balaban J connectivity index is 2.96. The predicted octanol–water partition coefficient (Wildman–Crippen LogP) is 2.29. The first-order valence-electron chi connectivity index (χ1n) is 3.21. The van der Waals surface area contributed by atoms with E-state index in [9.17, 15) is 0 Å². The smallest absolute Gasteiger partial charge is 0.0785 e. The molecule has 0 aliphatic rings. The van der Waals surface area contributed by atoms with Gasteiger partial charge in [0.15, 0.2) is 0 Å². The molecule has 0 fully saturated rings. The number of nitrogens with zero attached hydrogens (tertiary/aromatic N) is 2. The van der Waals surface area contributed by atoms with Crippen LogP contribution in [0.15, 0.2) is 12.4 Å². The van der Waals surface area contributed by atoms with E-state index in [0.29, 0.717) is 5.02 Å². The average molecular weight is 159 g/mol. The monoisotopic (exact) mass is 158 g/mol. The summed E-state index contributed by atoms with van der Waals surface area (Å²) in [6.07, 6.45) is 3.47. The lowest BCUT2D eigenvalue weighted by Gasteiger charge is -2.18. The molecular formula is C7H11ClN2. The van der Waals surface area contributed by atoms with Crippen molar-refractivity contribution in [3.05, 3.63) is 17.4 Å². The Morgan fingerprint density at radius 3 is 2.30 bits per heavy atom. The Morgan fingerprint density at radius 2 is 2.10 bits per heavy atom. The second kappa shape index (κ2) is 2.27. The van der Waals surface area contributed by atoms with Crippen LogP contribution in [0, 0.1) is 0 Å². The van der Waals surface area contributed by atoms with Crippen molar-refractivity contribution in [3.63, 3.8) is 0 Å². The maximum absolute atomic E-state index is 5.68. The van der Waals surface area contributed by atoms with Crippen molar-refractivity contribution < 1.29 is 0 Å². The summed E-state index contributed by atoms with van der Waals surface area (Å²) >= 11 is 5.68. The van der Waals surface area contributed by atoms with Crippen molar-refractivity contribution in [1.82, 2.24) is 9.78 Å². The fourth-order valence-corrected chi connectivity index (χ4v) is 0.804. The van der Waals surface area contributed by atoms with E-state index in [1.807, 2.05) is 10.9 Å². The summed E-state index contributed by atoms with van der Waals surface area (Å²) in [7, 11) is 0. The fourth-order valence-electron chi connectivity index (χ4n) is 0.668. The molecular weight excluding hydrogens is 148 g/mol. The van der Waals surface area contributed by atoms with Crippen molar-refractivity contribution in [3.8, 4) is 0 Å². The lowest BCUT2D eigenvalue weighted by atomic mass is 10.1. The van der Waals surface area contributed by atoms with Crippen molar-refractivity contribution in [2.24, 2.45) is 0 Å². The Hall–Kier alpha value is -0.500. The molecule has 0 radical (unpaired) electrons. The van der Waals surface area contributed by atoms with Crippen molar-refractivity contribution in [2.45, 2.75) is 26.3 Å². The third-order valence-corrected chi connectivity index (χ3v) is 1.43. The van der Waals surface area contributed by atoms with Crippen molar-refractivity contribution >= 4 is 11.6 Å². The van der Waals surface area contributed by atoms with Crippen LogP contribution in [-0.4, -0.2) is 9.78 Å². The van der Waals surface area contributed by atoms with E-state index in [1.165, 1.54) is 0 Å². The van der Waals surface area contributed by atoms with Crippen LogP contribution < -0.4 is 0 Å². The molecule has 0 N–H and O–H groups in total. The number of aromatic nitrogens is 2. The highest BCUT2D eigenvalue weighted by Gasteiger charge is 2.12. The van der Waals surface area contributed by atoms with Gasteiger partial charge in [-0.25, -0.2) is 0 Å². The summed E-state index contributed by atoms with van der Waals surface area (Å²) in [6, 6.07) is 0. The van der Waals surface area contributed by atoms with Gasteiger partial charge >= 0.3 is 0 Å². The molecule has 0 saturated carbocycles. The molecule has 10 heavy (non-hydrogen) atoms. The van der Waals surface area contributed by atoms with Gasteiger partial charge in [-0.3, -0.25) is 4.68 Å². The van der Waals surface area contributed by atoms with Crippen LogP contribution in [0.1, 0.15) is 20.8 Å². The van der Waals surface area contributed by atoms with E-state index in [2.05, 4.69) is 25.9 Å². The summed E-state index contributed by atoms with van der Waals surface area (Å²) in [4.78, 5) is 0. The summed E-state index contributed by atoms with van der Waals surface area (Å²) in [5.74, 6) is 0. The Bertz CT molecular complexity index is 222. The predicted molar refractivity (Wildman–Crippen MR) is 42.2 cm³/mol. The molecule has 0 aliphatic heterocycles. The number of hydrogen-bond acceptors (Lipinski definition) is 1. The molecule has 0 bridgehead atoms. The van der Waals surface area contributed by atoms with E-state index in [1.54, 1.807) is 6.20 Å². The van der Waals surface area contributed by atoms with Crippen LogP contribution in [0.2, 0.25) is 5.02 Å². The highest BCUT2D eigenvalue weighted by atomic mass is 35.5. The lowest BCUT2D eigenvalue weighted by molar-refractivity contribution is 0.355. The van der Waals surface area contributed by atoms with E-state index < -0.39 is 0 Å². The van der Waals surface area contributed by atoms with Gasteiger partial charge in [0.2, 0.25) is 0 Å². The summed E-state index contributed by atoms with van der Waals surface area (Å²) in [6.45, 7) is 6.24. The molecule has 0 spiro atoms. The first-order valence-corrected chi connectivity index (χ1v) is 3.58. The number of hydrogen-bond donors (Lipinski definition) is 0. The minimum absolute atomic E-state index is 0.0349. The average Bonchev–Trinajstić information content (AvgIpc) is 2.11. The van der Waals surface area contributed by atoms with Gasteiger partial charge in [-0.15, -0.1) is 0 Å². The van der Waals surface area contributed by atoms with Gasteiger partial charge in [-0.2, -0.15) is 5.10 Å². The molecule has 56 valence electrons. The second-order valence-electron chi connectivity index (χ2n) is 3.27. The lowest BCUT2D eigenvalue weighted by Crippen LogP contribution is -2.21.